The fraction of sp³-hybridized carbons (Fsp3) is 0.0667. The van der Waals surface area contributed by atoms with Gasteiger partial charge in [-0.15, -0.1) is 5.10 Å². The van der Waals surface area contributed by atoms with Crippen LogP contribution in [0.25, 0.3) is 11.3 Å². The van der Waals surface area contributed by atoms with E-state index < -0.39 is 17.4 Å². The van der Waals surface area contributed by atoms with Crippen molar-refractivity contribution < 1.29 is 18.4 Å². The van der Waals surface area contributed by atoms with Gasteiger partial charge >= 0.3 is 0 Å². The normalized spacial score (nSPS) is 10.6. The number of benzene rings is 1. The van der Waals surface area contributed by atoms with Crippen molar-refractivity contribution in [3.05, 3.63) is 60.1 Å². The highest BCUT2D eigenvalue weighted by Crippen LogP contribution is 2.26. The number of carbonyl (C=O) groups is 2. The van der Waals surface area contributed by atoms with Gasteiger partial charge in [0, 0.05) is 17.5 Å². The molecule has 0 spiro atoms. The number of rotatable bonds is 5. The number of aromatic amines is 1. The molecule has 7 heteroatoms. The van der Waals surface area contributed by atoms with E-state index in [1.54, 1.807) is 12.1 Å². The first-order valence-corrected chi connectivity index (χ1v) is 6.41. The number of furan rings is 1. The highest BCUT2D eigenvalue weighted by Gasteiger charge is 2.22. The lowest BCUT2D eigenvalue weighted by molar-refractivity contribution is -0.114. The average molecular weight is 299 g/mol. The summed E-state index contributed by atoms with van der Waals surface area (Å²) in [6, 6.07) is 7.38. The number of hydrogen-bond acceptors (Lipinski definition) is 5. The van der Waals surface area contributed by atoms with Gasteiger partial charge in [0.05, 0.1) is 6.26 Å². The second-order valence-electron chi connectivity index (χ2n) is 4.54. The van der Waals surface area contributed by atoms with Crippen molar-refractivity contribution in [3.63, 3.8) is 0 Å². The zero-order chi connectivity index (χ0) is 15.5. The molecule has 0 aliphatic carbocycles. The van der Waals surface area contributed by atoms with E-state index in [4.69, 9.17) is 4.42 Å². The molecule has 0 atom stereocenters. The van der Waals surface area contributed by atoms with Crippen molar-refractivity contribution in [3.8, 4) is 11.3 Å². The number of halogens is 1. The van der Waals surface area contributed by atoms with E-state index in [-0.39, 0.29) is 12.2 Å². The van der Waals surface area contributed by atoms with Crippen LogP contribution >= 0.6 is 0 Å². The van der Waals surface area contributed by atoms with Crippen LogP contribution < -0.4 is 0 Å². The Morgan fingerprint density at radius 3 is 2.86 bits per heavy atom. The van der Waals surface area contributed by atoms with Gasteiger partial charge in [0.15, 0.2) is 0 Å². The number of ketones is 2. The third kappa shape index (κ3) is 2.69. The first-order chi connectivity index (χ1) is 10.6. The Hall–Kier alpha value is -3.09. The second kappa shape index (κ2) is 5.72. The van der Waals surface area contributed by atoms with Gasteiger partial charge < -0.3 is 4.42 Å². The Labute approximate surface area is 124 Å². The van der Waals surface area contributed by atoms with Crippen molar-refractivity contribution in [2.24, 2.45) is 0 Å². The summed E-state index contributed by atoms with van der Waals surface area (Å²) in [6.45, 7) is 0. The molecule has 1 aromatic carbocycles. The molecule has 0 saturated carbocycles. The average Bonchev–Trinajstić information content (AvgIpc) is 3.18. The Kier molecular flexibility index (Phi) is 3.61. The molecule has 0 unspecified atom stereocenters. The number of hydrogen-bond donors (Lipinski definition) is 1. The molecular formula is C15H10FN3O3. The molecule has 0 bridgehead atoms. The van der Waals surface area contributed by atoms with Gasteiger partial charge in [0.1, 0.15) is 17.9 Å². The minimum absolute atomic E-state index is 0.171. The van der Waals surface area contributed by atoms with Crippen molar-refractivity contribution in [2.75, 3.05) is 0 Å². The molecule has 22 heavy (non-hydrogen) atoms. The molecule has 2 aromatic heterocycles. The number of nitrogens with zero attached hydrogens (tertiary/aromatic N) is 2. The molecular weight excluding hydrogens is 289 g/mol. The number of carbonyl (C=O) groups excluding carboxylic acids is 2. The van der Waals surface area contributed by atoms with E-state index in [1.807, 2.05) is 0 Å². The van der Waals surface area contributed by atoms with Crippen LogP contribution in [0.1, 0.15) is 16.2 Å². The molecule has 0 aliphatic heterocycles. The fourth-order valence-electron chi connectivity index (χ4n) is 2.05. The summed E-state index contributed by atoms with van der Waals surface area (Å²) in [6.07, 6.45) is 2.44. The first-order valence-electron chi connectivity index (χ1n) is 6.41. The molecule has 0 amide bonds. The smallest absolute Gasteiger partial charge is 0.267 e. The zero-order valence-electron chi connectivity index (χ0n) is 11.2. The quantitative estimate of drug-likeness (QED) is 0.576. The SMILES string of the molecule is O=C(Cc1ccoc1-c1cccc(F)c1)C(=O)c1nc[nH]n1. The van der Waals surface area contributed by atoms with Gasteiger partial charge in [-0.3, -0.25) is 14.7 Å². The molecule has 0 fully saturated rings. The minimum atomic E-state index is -0.785. The molecule has 3 rings (SSSR count). The maximum atomic E-state index is 13.3. The summed E-state index contributed by atoms with van der Waals surface area (Å²) < 4.78 is 18.6. The third-order valence-electron chi connectivity index (χ3n) is 3.06. The molecule has 6 nitrogen and oxygen atoms in total. The number of H-pyrrole nitrogens is 1. The van der Waals surface area contributed by atoms with Crippen LogP contribution in [0, 0.1) is 5.82 Å². The van der Waals surface area contributed by atoms with E-state index in [9.17, 15) is 14.0 Å². The van der Waals surface area contributed by atoms with Crippen molar-refractivity contribution in [1.29, 1.82) is 0 Å². The van der Waals surface area contributed by atoms with Crippen LogP contribution in [0.5, 0.6) is 0 Å². The van der Waals surface area contributed by atoms with Gasteiger partial charge in [0.2, 0.25) is 11.6 Å². The maximum absolute atomic E-state index is 13.3. The van der Waals surface area contributed by atoms with Crippen LogP contribution in [0.2, 0.25) is 0 Å². The Morgan fingerprint density at radius 2 is 2.14 bits per heavy atom. The van der Waals surface area contributed by atoms with E-state index in [1.165, 1.54) is 30.8 Å². The predicted octanol–water partition coefficient (Wildman–Crippen LogP) is 2.20. The Bertz CT molecular complexity index is 824. The Morgan fingerprint density at radius 1 is 1.27 bits per heavy atom. The molecule has 0 radical (unpaired) electrons. The fourth-order valence-corrected chi connectivity index (χ4v) is 2.05. The topological polar surface area (TPSA) is 88.9 Å². The standard InChI is InChI=1S/C15H10FN3O3/c16-11-3-1-2-9(6-11)14-10(4-5-22-14)7-12(20)13(21)15-17-8-18-19-15/h1-6,8H,7H2,(H,17,18,19). The second-order valence-corrected chi connectivity index (χ2v) is 4.54. The van der Waals surface area contributed by atoms with E-state index in [0.717, 1.165) is 0 Å². The maximum Gasteiger partial charge on any atom is 0.267 e. The van der Waals surface area contributed by atoms with E-state index in [0.29, 0.717) is 16.9 Å². The van der Waals surface area contributed by atoms with Crippen molar-refractivity contribution in [2.45, 2.75) is 6.42 Å². The van der Waals surface area contributed by atoms with E-state index >= 15 is 0 Å². The summed E-state index contributed by atoms with van der Waals surface area (Å²) in [7, 11) is 0. The largest absolute Gasteiger partial charge is 0.464 e. The van der Waals surface area contributed by atoms with Crippen LogP contribution in [-0.2, 0) is 11.2 Å². The third-order valence-corrected chi connectivity index (χ3v) is 3.06. The summed E-state index contributed by atoms with van der Waals surface area (Å²) in [5, 5.41) is 5.95. The number of nitrogens with one attached hydrogen (secondary N) is 1. The first kappa shape index (κ1) is 13.9. The molecule has 0 saturated heterocycles. The van der Waals surface area contributed by atoms with Gasteiger partial charge in [-0.2, -0.15) is 0 Å². The summed E-state index contributed by atoms with van der Waals surface area (Å²) in [5.41, 5.74) is 0.998. The minimum Gasteiger partial charge on any atom is -0.464 e. The Balaban J connectivity index is 1.84. The molecule has 3 aromatic rings. The highest BCUT2D eigenvalue weighted by atomic mass is 19.1. The summed E-state index contributed by atoms with van der Waals surface area (Å²) in [4.78, 5) is 27.5. The summed E-state index contributed by atoms with van der Waals surface area (Å²) >= 11 is 0. The predicted molar refractivity (Wildman–Crippen MR) is 73.5 cm³/mol. The molecule has 2 heterocycles. The van der Waals surface area contributed by atoms with Crippen molar-refractivity contribution >= 4 is 11.6 Å². The lowest BCUT2D eigenvalue weighted by atomic mass is 10.0. The molecule has 110 valence electrons. The monoisotopic (exact) mass is 299 g/mol. The lowest BCUT2D eigenvalue weighted by Crippen LogP contribution is -2.18. The van der Waals surface area contributed by atoms with Crippen LogP contribution in [-0.4, -0.2) is 26.7 Å². The van der Waals surface area contributed by atoms with Gasteiger partial charge in [-0.05, 0) is 18.2 Å². The van der Waals surface area contributed by atoms with Crippen LogP contribution in [0.3, 0.4) is 0 Å². The zero-order valence-corrected chi connectivity index (χ0v) is 11.2. The molecule has 0 aliphatic rings. The van der Waals surface area contributed by atoms with Crippen LogP contribution in [0.4, 0.5) is 4.39 Å². The summed E-state index contributed by atoms with van der Waals surface area (Å²) in [5.74, 6) is -1.69. The number of Topliss-reactive ketones (excluding diaryl/α,β-unsaturated/α-hetero) is 2. The lowest BCUT2D eigenvalue weighted by Gasteiger charge is -2.02. The van der Waals surface area contributed by atoms with E-state index in [2.05, 4.69) is 15.2 Å². The molecule has 1 N–H and O–H groups in total. The number of aromatic nitrogens is 3. The van der Waals surface area contributed by atoms with Gasteiger partial charge in [-0.25, -0.2) is 9.37 Å². The van der Waals surface area contributed by atoms with Gasteiger partial charge in [-0.1, -0.05) is 12.1 Å². The van der Waals surface area contributed by atoms with Crippen LogP contribution in [0.15, 0.2) is 47.3 Å². The van der Waals surface area contributed by atoms with Gasteiger partial charge in [0.25, 0.3) is 5.78 Å². The van der Waals surface area contributed by atoms with Crippen molar-refractivity contribution in [1.82, 2.24) is 15.2 Å². The highest BCUT2D eigenvalue weighted by molar-refractivity contribution is 6.43.